The van der Waals surface area contributed by atoms with Crippen molar-refractivity contribution < 1.29 is 62.4 Å². The van der Waals surface area contributed by atoms with E-state index in [4.69, 9.17) is 23.4 Å². The summed E-state index contributed by atoms with van der Waals surface area (Å²) in [5.74, 6) is -6.66. The van der Waals surface area contributed by atoms with Crippen molar-refractivity contribution in [2.75, 3.05) is 6.61 Å². The van der Waals surface area contributed by atoms with Crippen LogP contribution in [0.25, 0.3) is 0 Å². The molecule has 4 aliphatic rings. The maximum atomic E-state index is 15.2. The van der Waals surface area contributed by atoms with Gasteiger partial charge in [0.1, 0.15) is 23.9 Å². The monoisotopic (exact) mass is 901 g/mol. The molecule has 1 unspecified atom stereocenters. The van der Waals surface area contributed by atoms with E-state index in [0.717, 1.165) is 0 Å². The SMILES string of the molecule is C/C=C(\C)C(=O)N[C@@H](c1ccccc1)[C@@H](O[Si](CC)(CC)CC)C(=O)O[C@H]1C[C@@]2(O)[C@@H](OC(=O)c3ccccc3)[C@@H]3[C@]4(OC(C)=O)CO[C@@H]4CC(O)[C@@]3(C)C(=O)C(=O)C(=C1C)C2(C)C. The van der Waals surface area contributed by atoms with Gasteiger partial charge in [-0.2, -0.15) is 0 Å². The Hall–Kier alpha value is -4.80. The average molecular weight is 902 g/mol. The van der Waals surface area contributed by atoms with E-state index in [1.165, 1.54) is 26.0 Å². The van der Waals surface area contributed by atoms with Crippen LogP contribution in [-0.4, -0.2) is 102 Å². The minimum absolute atomic E-state index is 0.0951. The number of carbonyl (C=O) groups excluding carboxylic acids is 6. The second-order valence-electron chi connectivity index (χ2n) is 18.6. The van der Waals surface area contributed by atoms with Crippen molar-refractivity contribution in [3.8, 4) is 0 Å². The van der Waals surface area contributed by atoms with E-state index in [2.05, 4.69) is 5.32 Å². The van der Waals surface area contributed by atoms with Gasteiger partial charge in [-0.25, -0.2) is 9.59 Å². The minimum atomic E-state index is -2.69. The summed E-state index contributed by atoms with van der Waals surface area (Å²) in [6.07, 6.45) is -6.25. The molecule has 0 radical (unpaired) electrons. The lowest BCUT2D eigenvalue weighted by atomic mass is 9.45. The Morgan fingerprint density at radius 1 is 0.938 bits per heavy atom. The highest BCUT2D eigenvalue weighted by Crippen LogP contribution is 2.63. The van der Waals surface area contributed by atoms with E-state index in [-0.39, 0.29) is 29.7 Å². The molecule has 2 saturated carbocycles. The lowest BCUT2D eigenvalue weighted by Crippen LogP contribution is -2.81. The van der Waals surface area contributed by atoms with Crippen LogP contribution >= 0.6 is 0 Å². The first-order valence-corrected chi connectivity index (χ1v) is 24.8. The molecule has 14 nitrogen and oxygen atoms in total. The second-order valence-corrected chi connectivity index (χ2v) is 23.3. The van der Waals surface area contributed by atoms with Crippen molar-refractivity contribution in [2.45, 2.75) is 148 Å². The fourth-order valence-electron chi connectivity index (χ4n) is 10.7. The normalized spacial score (nSPS) is 30.9. The Bertz CT molecular complexity index is 2210. The summed E-state index contributed by atoms with van der Waals surface area (Å²) < 4.78 is 31.8. The minimum Gasteiger partial charge on any atom is -0.456 e. The number of fused-ring (bicyclic) bond motifs is 5. The summed E-state index contributed by atoms with van der Waals surface area (Å²) >= 11 is 0. The molecule has 1 heterocycles. The van der Waals surface area contributed by atoms with Crippen LogP contribution in [0, 0.1) is 16.7 Å². The molecule has 6 rings (SSSR count). The number of nitrogens with one attached hydrogen (secondary N) is 1. The zero-order valence-corrected chi connectivity index (χ0v) is 39.5. The highest BCUT2D eigenvalue weighted by molar-refractivity contribution is 6.73. The van der Waals surface area contributed by atoms with E-state index in [0.29, 0.717) is 29.3 Å². The number of carbonyl (C=O) groups is 6. The Morgan fingerprint density at radius 2 is 1.53 bits per heavy atom. The van der Waals surface area contributed by atoms with Crippen molar-refractivity contribution in [3.05, 3.63) is 94.6 Å². The predicted octanol–water partition coefficient (Wildman–Crippen LogP) is 6.06. The number of esters is 3. The van der Waals surface area contributed by atoms with Gasteiger partial charge in [0, 0.05) is 36.3 Å². The quantitative estimate of drug-likeness (QED) is 0.0651. The van der Waals surface area contributed by atoms with E-state index in [1.54, 1.807) is 89.2 Å². The number of hydrogen-bond acceptors (Lipinski definition) is 13. The molecule has 64 heavy (non-hydrogen) atoms. The molecule has 3 N–H and O–H groups in total. The number of aliphatic hydroxyl groups excluding tert-OH is 1. The van der Waals surface area contributed by atoms with Gasteiger partial charge in [0.05, 0.1) is 35.6 Å². The molecule has 10 atom stereocenters. The van der Waals surface area contributed by atoms with Crippen LogP contribution in [0.4, 0.5) is 0 Å². The smallest absolute Gasteiger partial charge is 0.338 e. The highest BCUT2D eigenvalue weighted by atomic mass is 28.4. The van der Waals surface area contributed by atoms with Crippen molar-refractivity contribution in [3.63, 3.8) is 0 Å². The molecule has 1 amide bonds. The maximum Gasteiger partial charge on any atom is 0.338 e. The largest absolute Gasteiger partial charge is 0.456 e. The fourth-order valence-corrected chi connectivity index (χ4v) is 13.4. The van der Waals surface area contributed by atoms with E-state index in [9.17, 15) is 24.6 Å². The van der Waals surface area contributed by atoms with Crippen LogP contribution in [0.1, 0.15) is 104 Å². The standard InChI is InChI=1S/C49H63NO13Si/c1-11-28(5)43(55)50-37(31-21-17-15-18-22-31)39(63-64(12-2,13-3)14-4)45(57)60-33-26-49(58)42(61-44(56)32-23-19-16-20-24-32)40-47(10,41(54)38(53)36(29(33)6)46(49,8)9)34(52)25-35-48(40,27-59-35)62-30(7)51/h11,15-24,33-35,37,39-40,42,52,58H,12-14,25-27H2,1-10H3,(H,50,55)/b28-11+/t33-,34?,35+,37-,39+,40-,42-,47+,48-,49+/m0/s1. The Labute approximate surface area is 376 Å². The molecular formula is C49H63NO13Si. The molecule has 3 fully saturated rings. The van der Waals surface area contributed by atoms with Crippen LogP contribution in [-0.2, 0) is 47.3 Å². The fraction of sp³-hybridized carbons (Fsp3) is 0.551. The molecule has 0 spiro atoms. The molecule has 0 aromatic heterocycles. The van der Waals surface area contributed by atoms with Gasteiger partial charge in [0.2, 0.25) is 17.5 Å². The van der Waals surface area contributed by atoms with Gasteiger partial charge in [-0.1, -0.05) is 89.2 Å². The van der Waals surface area contributed by atoms with E-state index < -0.39 is 115 Å². The first-order chi connectivity index (χ1) is 30.1. The van der Waals surface area contributed by atoms with Gasteiger partial charge in [-0.15, -0.1) is 0 Å². The van der Waals surface area contributed by atoms with Gasteiger partial charge in [-0.05, 0) is 69.1 Å². The van der Waals surface area contributed by atoms with Crippen molar-refractivity contribution >= 4 is 43.7 Å². The van der Waals surface area contributed by atoms with Gasteiger partial charge >= 0.3 is 17.9 Å². The van der Waals surface area contributed by atoms with Gasteiger partial charge in [0.15, 0.2) is 20.0 Å². The number of allylic oxidation sites excluding steroid dienone is 1. The molecule has 2 aromatic carbocycles. The zero-order valence-electron chi connectivity index (χ0n) is 38.5. The zero-order chi connectivity index (χ0) is 47.2. The third kappa shape index (κ3) is 8.01. The second kappa shape index (κ2) is 18.2. The lowest BCUT2D eigenvalue weighted by molar-refractivity contribution is -0.343. The molecule has 2 aromatic rings. The van der Waals surface area contributed by atoms with Crippen LogP contribution in [0.2, 0.25) is 18.1 Å². The third-order valence-electron chi connectivity index (χ3n) is 15.1. The molecule has 1 saturated heterocycles. The summed E-state index contributed by atoms with van der Waals surface area (Å²) in [6.45, 7) is 16.3. The van der Waals surface area contributed by atoms with Crippen molar-refractivity contribution in [1.82, 2.24) is 5.32 Å². The summed E-state index contributed by atoms with van der Waals surface area (Å²) in [5.41, 5.74) is -6.87. The summed E-state index contributed by atoms with van der Waals surface area (Å²) in [4.78, 5) is 86.3. The average Bonchev–Trinajstić information content (AvgIpc) is 3.27. The summed E-state index contributed by atoms with van der Waals surface area (Å²) in [5, 5.41) is 28.7. The number of aliphatic hydroxyl groups is 2. The highest BCUT2D eigenvalue weighted by Gasteiger charge is 2.78. The van der Waals surface area contributed by atoms with Gasteiger partial charge < -0.3 is 38.9 Å². The number of Topliss-reactive ketones (excluding diaryl/α,β-unsaturated/α-hetero) is 2. The molecule has 15 heteroatoms. The lowest BCUT2D eigenvalue weighted by Gasteiger charge is -2.66. The van der Waals surface area contributed by atoms with Crippen LogP contribution in [0.5, 0.6) is 0 Å². The third-order valence-corrected chi connectivity index (χ3v) is 19.7. The summed E-state index contributed by atoms with van der Waals surface area (Å²) in [7, 11) is -2.69. The number of ether oxygens (including phenoxy) is 4. The first-order valence-electron chi connectivity index (χ1n) is 22.3. The molecule has 1 aliphatic heterocycles. The van der Waals surface area contributed by atoms with Gasteiger partial charge in [-0.3, -0.25) is 19.2 Å². The van der Waals surface area contributed by atoms with Crippen molar-refractivity contribution in [2.24, 2.45) is 16.7 Å². The molecule has 2 bridgehead atoms. The van der Waals surface area contributed by atoms with Gasteiger partial charge in [0.25, 0.3) is 0 Å². The van der Waals surface area contributed by atoms with Crippen LogP contribution < -0.4 is 5.32 Å². The van der Waals surface area contributed by atoms with E-state index >= 15 is 14.4 Å². The molecule has 346 valence electrons. The maximum absolute atomic E-state index is 15.2. The topological polar surface area (TPSA) is 201 Å². The number of hydrogen-bond donors (Lipinski definition) is 3. The van der Waals surface area contributed by atoms with E-state index in [1.807, 2.05) is 20.8 Å². The number of amides is 1. The van der Waals surface area contributed by atoms with Crippen molar-refractivity contribution in [1.29, 1.82) is 0 Å². The predicted molar refractivity (Wildman–Crippen MR) is 237 cm³/mol. The number of rotatable bonds is 14. The Kier molecular flexibility index (Phi) is 13.9. The van der Waals surface area contributed by atoms with Crippen LogP contribution in [0.15, 0.2) is 83.5 Å². The number of ketones is 2. The molecule has 3 aliphatic carbocycles. The first kappa shape index (κ1) is 48.6. The Balaban J connectivity index is 1.56. The number of benzene rings is 2. The molecular weight excluding hydrogens is 839 g/mol. The van der Waals surface area contributed by atoms with Crippen LogP contribution in [0.3, 0.4) is 0 Å². The summed E-state index contributed by atoms with van der Waals surface area (Å²) in [6, 6.07) is 17.7. The Morgan fingerprint density at radius 3 is 2.06 bits per heavy atom.